The van der Waals surface area contributed by atoms with E-state index in [9.17, 15) is 4.79 Å². The molecule has 4 rings (SSSR count). The smallest absolute Gasteiger partial charge is 0.255 e. The van der Waals surface area contributed by atoms with Gasteiger partial charge in [-0.1, -0.05) is 0 Å². The summed E-state index contributed by atoms with van der Waals surface area (Å²) in [7, 11) is 1.63. The van der Waals surface area contributed by atoms with Crippen LogP contribution in [0, 0.1) is 6.92 Å². The number of carbonyl (C=O) groups excluding carboxylic acids is 1. The Hall–Kier alpha value is -4.46. The van der Waals surface area contributed by atoms with Crippen molar-refractivity contribution >= 4 is 34.7 Å². The van der Waals surface area contributed by atoms with E-state index in [1.807, 2.05) is 61.5 Å². The molecular formula is C24H22N6O2. The Kier molecular flexibility index (Phi) is 6.22. The Morgan fingerprint density at radius 3 is 2.12 bits per heavy atom. The van der Waals surface area contributed by atoms with Crippen LogP contribution in [0.5, 0.6) is 5.75 Å². The highest BCUT2D eigenvalue weighted by Gasteiger charge is 2.07. The molecule has 4 aromatic rings. The molecule has 160 valence electrons. The molecule has 8 heteroatoms. The van der Waals surface area contributed by atoms with Gasteiger partial charge in [-0.05, 0) is 67.6 Å². The van der Waals surface area contributed by atoms with Crippen molar-refractivity contribution in [3.8, 4) is 5.75 Å². The summed E-state index contributed by atoms with van der Waals surface area (Å²) >= 11 is 0. The molecule has 3 N–H and O–H groups in total. The first-order valence-corrected chi connectivity index (χ1v) is 9.94. The molecule has 0 fully saturated rings. The quantitative estimate of drug-likeness (QED) is 0.385. The third kappa shape index (κ3) is 5.37. The van der Waals surface area contributed by atoms with Crippen LogP contribution in [-0.4, -0.2) is 28.0 Å². The number of rotatable bonds is 7. The second-order valence-corrected chi connectivity index (χ2v) is 6.96. The maximum absolute atomic E-state index is 12.3. The van der Waals surface area contributed by atoms with Gasteiger partial charge in [0.2, 0.25) is 5.95 Å². The lowest BCUT2D eigenvalue weighted by Gasteiger charge is -2.11. The zero-order valence-corrected chi connectivity index (χ0v) is 17.7. The van der Waals surface area contributed by atoms with Crippen molar-refractivity contribution in [1.29, 1.82) is 0 Å². The van der Waals surface area contributed by atoms with Gasteiger partial charge < -0.3 is 20.7 Å². The zero-order chi connectivity index (χ0) is 22.3. The number of amides is 1. The van der Waals surface area contributed by atoms with Gasteiger partial charge >= 0.3 is 0 Å². The topological polar surface area (TPSA) is 101 Å². The fourth-order valence-corrected chi connectivity index (χ4v) is 2.98. The van der Waals surface area contributed by atoms with Crippen molar-refractivity contribution in [2.75, 3.05) is 23.1 Å². The van der Waals surface area contributed by atoms with E-state index in [-0.39, 0.29) is 5.91 Å². The first-order valence-electron chi connectivity index (χ1n) is 9.94. The maximum Gasteiger partial charge on any atom is 0.255 e. The minimum absolute atomic E-state index is 0.190. The molecule has 0 aliphatic carbocycles. The molecular weight excluding hydrogens is 404 g/mol. The van der Waals surface area contributed by atoms with Gasteiger partial charge in [-0.3, -0.25) is 9.78 Å². The molecule has 2 aromatic carbocycles. The van der Waals surface area contributed by atoms with E-state index in [0.717, 1.165) is 22.8 Å². The predicted octanol–water partition coefficient (Wildman–Crippen LogP) is 4.93. The number of hydrogen-bond acceptors (Lipinski definition) is 7. The lowest BCUT2D eigenvalue weighted by atomic mass is 10.2. The van der Waals surface area contributed by atoms with Gasteiger partial charge in [-0.25, -0.2) is 4.98 Å². The molecule has 0 unspecified atom stereocenters. The fourth-order valence-electron chi connectivity index (χ4n) is 2.98. The maximum atomic E-state index is 12.3. The van der Waals surface area contributed by atoms with Gasteiger partial charge in [0.1, 0.15) is 11.6 Å². The monoisotopic (exact) mass is 426 g/mol. The van der Waals surface area contributed by atoms with Gasteiger partial charge in [0.25, 0.3) is 5.91 Å². The van der Waals surface area contributed by atoms with Crippen molar-refractivity contribution in [3.63, 3.8) is 0 Å². The number of methoxy groups -OCH3 is 1. The van der Waals surface area contributed by atoms with Crippen LogP contribution < -0.4 is 20.7 Å². The van der Waals surface area contributed by atoms with Crippen molar-refractivity contribution in [2.45, 2.75) is 6.92 Å². The summed E-state index contributed by atoms with van der Waals surface area (Å²) in [4.78, 5) is 25.2. The van der Waals surface area contributed by atoms with Crippen LogP contribution in [-0.2, 0) is 0 Å². The summed E-state index contributed by atoms with van der Waals surface area (Å²) < 4.78 is 5.19. The Bertz CT molecular complexity index is 1200. The number of ether oxygens (including phenoxy) is 1. The fraction of sp³-hybridized carbons (Fsp3) is 0.0833. The molecule has 0 saturated carbocycles. The van der Waals surface area contributed by atoms with E-state index in [1.54, 1.807) is 31.6 Å². The molecule has 1 amide bonds. The number of aryl methyl sites for hydroxylation is 1. The lowest BCUT2D eigenvalue weighted by molar-refractivity contribution is 0.102. The molecule has 0 aliphatic heterocycles. The number of nitrogens with zero attached hydrogens (tertiary/aromatic N) is 3. The van der Waals surface area contributed by atoms with E-state index in [4.69, 9.17) is 4.74 Å². The van der Waals surface area contributed by atoms with Crippen LogP contribution in [0.2, 0.25) is 0 Å². The predicted molar refractivity (Wildman–Crippen MR) is 125 cm³/mol. The summed E-state index contributed by atoms with van der Waals surface area (Å²) in [5.41, 5.74) is 3.74. The minimum atomic E-state index is -0.190. The van der Waals surface area contributed by atoms with E-state index in [2.05, 4.69) is 30.9 Å². The van der Waals surface area contributed by atoms with Crippen LogP contribution >= 0.6 is 0 Å². The number of anilines is 5. The molecule has 0 aliphatic rings. The van der Waals surface area contributed by atoms with Gasteiger partial charge in [0.05, 0.1) is 7.11 Å². The molecule has 0 spiro atoms. The van der Waals surface area contributed by atoms with Crippen molar-refractivity contribution in [2.24, 2.45) is 0 Å². The third-order valence-corrected chi connectivity index (χ3v) is 4.56. The van der Waals surface area contributed by atoms with E-state index in [1.165, 1.54) is 0 Å². The van der Waals surface area contributed by atoms with Crippen LogP contribution in [0.3, 0.4) is 0 Å². The Morgan fingerprint density at radius 2 is 1.44 bits per heavy atom. The Labute approximate surface area is 185 Å². The normalized spacial score (nSPS) is 10.3. The van der Waals surface area contributed by atoms with Crippen molar-refractivity contribution < 1.29 is 9.53 Å². The Morgan fingerprint density at radius 1 is 0.812 bits per heavy atom. The lowest BCUT2D eigenvalue weighted by Crippen LogP contribution is -2.11. The molecule has 0 radical (unpaired) electrons. The van der Waals surface area contributed by atoms with Crippen molar-refractivity contribution in [3.05, 3.63) is 90.4 Å². The van der Waals surface area contributed by atoms with Crippen LogP contribution in [0.15, 0.2) is 79.1 Å². The number of hydrogen-bond donors (Lipinski definition) is 3. The molecule has 0 saturated heterocycles. The Balaban J connectivity index is 1.42. The third-order valence-electron chi connectivity index (χ3n) is 4.56. The van der Waals surface area contributed by atoms with E-state index in [0.29, 0.717) is 23.0 Å². The van der Waals surface area contributed by atoms with Crippen LogP contribution in [0.1, 0.15) is 16.1 Å². The van der Waals surface area contributed by atoms with Crippen LogP contribution in [0.4, 0.5) is 28.8 Å². The summed E-state index contributed by atoms with van der Waals surface area (Å²) in [6.45, 7) is 1.91. The largest absolute Gasteiger partial charge is 0.497 e. The minimum Gasteiger partial charge on any atom is -0.497 e. The highest BCUT2D eigenvalue weighted by Crippen LogP contribution is 2.22. The average molecular weight is 426 g/mol. The molecule has 0 bridgehead atoms. The number of aromatic nitrogens is 3. The zero-order valence-electron chi connectivity index (χ0n) is 17.7. The van der Waals surface area contributed by atoms with E-state index < -0.39 is 0 Å². The summed E-state index contributed by atoms with van der Waals surface area (Å²) in [5.74, 6) is 1.74. The standard InChI is InChI=1S/C24H22N6O2/c1-16-15-22(27-18-7-9-21(32-2)10-8-18)30-24(26-16)29-20-5-3-19(4-6-20)28-23(31)17-11-13-25-14-12-17/h3-15H,1-2H3,(H,28,31)(H2,26,27,29,30). The second kappa shape index (κ2) is 9.57. The summed E-state index contributed by atoms with van der Waals surface area (Å²) in [6, 6.07) is 20.1. The first-order chi connectivity index (χ1) is 15.6. The SMILES string of the molecule is COc1ccc(Nc2cc(C)nc(Nc3ccc(NC(=O)c4ccncc4)cc3)n2)cc1. The highest BCUT2D eigenvalue weighted by molar-refractivity contribution is 6.04. The van der Waals surface area contributed by atoms with Crippen LogP contribution in [0.25, 0.3) is 0 Å². The molecule has 8 nitrogen and oxygen atoms in total. The number of nitrogens with one attached hydrogen (secondary N) is 3. The first kappa shape index (κ1) is 20.8. The van der Waals surface area contributed by atoms with Gasteiger partial charge in [-0.2, -0.15) is 4.98 Å². The number of benzene rings is 2. The van der Waals surface area contributed by atoms with Gasteiger partial charge in [-0.15, -0.1) is 0 Å². The molecule has 2 aromatic heterocycles. The average Bonchev–Trinajstić information content (AvgIpc) is 2.81. The molecule has 0 atom stereocenters. The molecule has 2 heterocycles. The molecule has 32 heavy (non-hydrogen) atoms. The van der Waals surface area contributed by atoms with E-state index >= 15 is 0 Å². The van der Waals surface area contributed by atoms with Gasteiger partial charge in [0.15, 0.2) is 0 Å². The van der Waals surface area contributed by atoms with Crippen molar-refractivity contribution in [1.82, 2.24) is 15.0 Å². The summed E-state index contributed by atoms with van der Waals surface area (Å²) in [6.07, 6.45) is 3.17. The number of carbonyl (C=O) groups is 1. The number of pyridine rings is 1. The van der Waals surface area contributed by atoms with Gasteiger partial charge in [0, 0.05) is 46.8 Å². The highest BCUT2D eigenvalue weighted by atomic mass is 16.5. The second-order valence-electron chi connectivity index (χ2n) is 6.96. The summed E-state index contributed by atoms with van der Waals surface area (Å²) in [5, 5.41) is 9.33.